The number of rotatable bonds is 32. The highest BCUT2D eigenvalue weighted by Crippen LogP contribution is 2.26. The molecule has 0 aliphatic carbocycles. The number of aromatic nitrogens is 4. The molecule has 8 nitrogen and oxygen atoms in total. The van der Waals surface area contributed by atoms with E-state index in [1.807, 2.05) is 60.7 Å². The second kappa shape index (κ2) is 31.8. The summed E-state index contributed by atoms with van der Waals surface area (Å²) in [6, 6.07) is 0. The fourth-order valence-corrected chi connectivity index (χ4v) is 6.72. The van der Waals surface area contributed by atoms with Crippen molar-refractivity contribution in [2.75, 3.05) is 13.2 Å². The Labute approximate surface area is 333 Å². The van der Waals surface area contributed by atoms with E-state index in [2.05, 4.69) is 23.0 Å². The zero-order valence-corrected chi connectivity index (χ0v) is 36.1. The van der Waals surface area contributed by atoms with Crippen LogP contribution in [0.25, 0.3) is 0 Å². The second-order valence-corrected chi connectivity index (χ2v) is 14.9. The van der Waals surface area contributed by atoms with Crippen LogP contribution in [0.1, 0.15) is 168 Å². The first-order valence-electron chi connectivity index (χ1n) is 20.2. The van der Waals surface area contributed by atoms with Crippen molar-refractivity contribution in [3.05, 3.63) is 37.4 Å². The average molecular weight is 847 g/mol. The van der Waals surface area contributed by atoms with Crippen LogP contribution < -0.4 is 43.1 Å². The van der Waals surface area contributed by atoms with E-state index in [0.29, 0.717) is 25.9 Å². The van der Waals surface area contributed by atoms with E-state index in [4.69, 9.17) is 9.47 Å². The molecular formula is C41H74Br2N4O4. The zero-order valence-electron chi connectivity index (χ0n) is 32.9. The van der Waals surface area contributed by atoms with Crippen LogP contribution in [-0.4, -0.2) is 34.3 Å². The molecule has 2 aromatic heterocycles. The Morgan fingerprint density at radius 2 is 0.804 bits per heavy atom. The lowest BCUT2D eigenvalue weighted by molar-refractivity contribution is -0.671. The molecule has 0 saturated carbocycles. The Morgan fingerprint density at radius 1 is 0.510 bits per heavy atom. The third kappa shape index (κ3) is 25.1. The van der Waals surface area contributed by atoms with Gasteiger partial charge in [0.05, 0.1) is 14.1 Å². The molecular weight excluding hydrogens is 772 g/mol. The van der Waals surface area contributed by atoms with Gasteiger partial charge in [0.1, 0.15) is 56.5 Å². The molecule has 2 aromatic rings. The summed E-state index contributed by atoms with van der Waals surface area (Å²) in [6.45, 7) is 6.04. The predicted molar refractivity (Wildman–Crippen MR) is 198 cm³/mol. The van der Waals surface area contributed by atoms with Crippen LogP contribution in [-0.2, 0) is 46.2 Å². The number of carbonyl (C=O) groups is 2. The van der Waals surface area contributed by atoms with Gasteiger partial charge in [0.25, 0.3) is 0 Å². The van der Waals surface area contributed by atoms with Crippen LogP contribution in [0.4, 0.5) is 0 Å². The SMILES string of the molecule is CCCCCCCCCCCCCC(=O)OCC(COC(=O)CCCCCCCCCCCCC)(Cn1cc[n+](C)c1)Cn1cc[n+](C)c1.[Br-].[Br-]. The molecule has 0 fully saturated rings. The fourth-order valence-electron chi connectivity index (χ4n) is 6.72. The lowest BCUT2D eigenvalue weighted by atomic mass is 9.89. The van der Waals surface area contributed by atoms with Crippen LogP contribution in [0.3, 0.4) is 0 Å². The highest BCUT2D eigenvalue weighted by molar-refractivity contribution is 5.69. The Balaban J connectivity index is 0.0000125. The Kier molecular flexibility index (Phi) is 30.8. The molecule has 0 aliphatic rings. The van der Waals surface area contributed by atoms with Gasteiger partial charge in [0, 0.05) is 12.8 Å². The van der Waals surface area contributed by atoms with Gasteiger partial charge in [-0.3, -0.25) is 9.59 Å². The topological polar surface area (TPSA) is 70.2 Å². The molecule has 0 saturated heterocycles. The summed E-state index contributed by atoms with van der Waals surface area (Å²) < 4.78 is 20.2. The summed E-state index contributed by atoms with van der Waals surface area (Å²) in [6.07, 6.45) is 40.4. The standard InChI is InChI=1S/C41H74N4O4.2BrH/c1-5-7-9-11-13-15-17-19-21-23-25-27-39(46)48-35-41(33-44-31-29-42(3)37-44,34-45-32-30-43(4)38-45)36-49-40(47)28-26-24-22-20-18-16-14-12-10-8-6-2;;/h29-32,37-38H,5-28,33-36H2,1-4H3;2*1H/q+2;;/p-2. The number of hydrogen-bond acceptors (Lipinski definition) is 4. The van der Waals surface area contributed by atoms with Crippen molar-refractivity contribution in [1.82, 2.24) is 9.13 Å². The Bertz CT molecular complexity index is 1040. The van der Waals surface area contributed by atoms with Crippen LogP contribution in [0.5, 0.6) is 0 Å². The van der Waals surface area contributed by atoms with E-state index in [0.717, 1.165) is 25.7 Å². The maximum Gasteiger partial charge on any atom is 0.305 e. The zero-order chi connectivity index (χ0) is 35.4. The smallest absolute Gasteiger partial charge is 0.305 e. The number of aryl methyl sites for hydroxylation is 2. The second-order valence-electron chi connectivity index (χ2n) is 14.9. The first-order valence-corrected chi connectivity index (χ1v) is 20.2. The van der Waals surface area contributed by atoms with Gasteiger partial charge in [-0.25, -0.2) is 18.3 Å². The third-order valence-electron chi connectivity index (χ3n) is 9.73. The fraction of sp³-hybridized carbons (Fsp3) is 0.805. The van der Waals surface area contributed by atoms with Crippen molar-refractivity contribution in [3.8, 4) is 0 Å². The summed E-state index contributed by atoms with van der Waals surface area (Å²) >= 11 is 0. The number of carbonyl (C=O) groups excluding carboxylic acids is 2. The number of halogens is 2. The monoisotopic (exact) mass is 844 g/mol. The van der Waals surface area contributed by atoms with Gasteiger partial charge in [-0.2, -0.15) is 0 Å². The predicted octanol–water partition coefficient (Wildman–Crippen LogP) is 3.12. The van der Waals surface area contributed by atoms with Crippen LogP contribution >= 0.6 is 0 Å². The van der Waals surface area contributed by atoms with Gasteiger partial charge in [0.2, 0.25) is 12.7 Å². The summed E-state index contributed by atoms with van der Waals surface area (Å²) in [4.78, 5) is 26.0. The van der Waals surface area contributed by atoms with Gasteiger partial charge in [-0.05, 0) is 12.8 Å². The Morgan fingerprint density at radius 3 is 1.08 bits per heavy atom. The van der Waals surface area contributed by atoms with Gasteiger partial charge in [-0.1, -0.05) is 142 Å². The minimum atomic E-state index is -0.613. The number of imidazole rings is 2. The summed E-state index contributed by atoms with van der Waals surface area (Å²) in [5.74, 6) is -0.326. The van der Waals surface area contributed by atoms with Gasteiger partial charge < -0.3 is 43.4 Å². The highest BCUT2D eigenvalue weighted by atomic mass is 79.9. The van der Waals surface area contributed by atoms with E-state index >= 15 is 0 Å². The molecule has 0 unspecified atom stereocenters. The number of unbranched alkanes of at least 4 members (excludes halogenated alkanes) is 20. The van der Waals surface area contributed by atoms with Crippen molar-refractivity contribution in [3.63, 3.8) is 0 Å². The minimum Gasteiger partial charge on any atom is -1.00 e. The molecule has 51 heavy (non-hydrogen) atoms. The molecule has 10 heteroatoms. The first-order chi connectivity index (χ1) is 23.9. The Hall–Kier alpha value is -1.68. The molecule has 2 rings (SSSR count). The first kappa shape index (κ1) is 49.3. The van der Waals surface area contributed by atoms with E-state index in [1.165, 1.54) is 116 Å². The molecule has 296 valence electrons. The molecule has 0 atom stereocenters. The maximum atomic E-state index is 13.0. The molecule has 2 heterocycles. The largest absolute Gasteiger partial charge is 1.00 e. The average Bonchev–Trinajstić information content (AvgIpc) is 3.70. The number of nitrogens with zero attached hydrogens (tertiary/aromatic N) is 4. The molecule has 0 amide bonds. The number of ether oxygens (including phenoxy) is 2. The van der Waals surface area contributed by atoms with Crippen molar-refractivity contribution < 1.29 is 62.2 Å². The third-order valence-corrected chi connectivity index (χ3v) is 9.73. The van der Waals surface area contributed by atoms with Gasteiger partial charge in [0.15, 0.2) is 0 Å². The lowest BCUT2D eigenvalue weighted by Crippen LogP contribution is -3.00. The molecule has 0 aromatic carbocycles. The molecule has 0 radical (unpaired) electrons. The number of esters is 2. The van der Waals surface area contributed by atoms with E-state index in [9.17, 15) is 9.59 Å². The van der Waals surface area contributed by atoms with E-state index in [1.54, 1.807) is 0 Å². The van der Waals surface area contributed by atoms with Crippen molar-refractivity contribution in [2.24, 2.45) is 19.5 Å². The van der Waals surface area contributed by atoms with Crippen LogP contribution in [0, 0.1) is 5.41 Å². The van der Waals surface area contributed by atoms with Gasteiger partial charge >= 0.3 is 11.9 Å². The molecule has 0 aliphatic heterocycles. The summed E-state index contributed by atoms with van der Waals surface area (Å²) in [5.41, 5.74) is -0.613. The van der Waals surface area contributed by atoms with E-state index < -0.39 is 5.41 Å². The quantitative estimate of drug-likeness (QED) is 0.0646. The molecule has 0 spiro atoms. The lowest BCUT2D eigenvalue weighted by Gasteiger charge is -2.29. The van der Waals surface area contributed by atoms with Crippen LogP contribution in [0.15, 0.2) is 37.4 Å². The van der Waals surface area contributed by atoms with Crippen molar-refractivity contribution >= 4 is 11.9 Å². The molecule has 0 bridgehead atoms. The summed E-state index contributed by atoms with van der Waals surface area (Å²) in [7, 11) is 3.98. The highest BCUT2D eigenvalue weighted by Gasteiger charge is 2.39. The number of hydrogen-bond donors (Lipinski definition) is 0. The van der Waals surface area contributed by atoms with Crippen molar-refractivity contribution in [2.45, 2.75) is 181 Å². The van der Waals surface area contributed by atoms with Crippen molar-refractivity contribution in [1.29, 1.82) is 0 Å². The minimum absolute atomic E-state index is 0. The maximum absolute atomic E-state index is 13.0. The molecule has 0 N–H and O–H groups in total. The summed E-state index contributed by atoms with van der Waals surface area (Å²) in [5, 5.41) is 0. The van der Waals surface area contributed by atoms with Gasteiger partial charge in [-0.15, -0.1) is 0 Å². The van der Waals surface area contributed by atoms with E-state index in [-0.39, 0.29) is 59.1 Å². The van der Waals surface area contributed by atoms with Crippen LogP contribution in [0.2, 0.25) is 0 Å². The normalized spacial score (nSPS) is 11.2.